The monoisotopic (exact) mass is 413 g/mol. The van der Waals surface area contributed by atoms with Crippen LogP contribution in [0.25, 0.3) is 5.69 Å². The second-order valence-electron chi connectivity index (χ2n) is 8.38. The lowest BCUT2D eigenvalue weighted by molar-refractivity contribution is -0.000632. The summed E-state index contributed by atoms with van der Waals surface area (Å²) in [6.45, 7) is 5.25. The van der Waals surface area contributed by atoms with Crippen LogP contribution in [-0.4, -0.2) is 54.8 Å². The number of pyridine rings is 1. The van der Waals surface area contributed by atoms with E-state index < -0.39 is 0 Å². The summed E-state index contributed by atoms with van der Waals surface area (Å²) >= 11 is 0. The van der Waals surface area contributed by atoms with Gasteiger partial charge in [0.05, 0.1) is 5.56 Å². The molecule has 2 aliphatic rings. The molecular formula is C23H28FN3O3. The third-order valence-electron chi connectivity index (χ3n) is 6.21. The molecule has 0 aliphatic carbocycles. The van der Waals surface area contributed by atoms with Gasteiger partial charge in [0.15, 0.2) is 0 Å². The lowest BCUT2D eigenvalue weighted by Gasteiger charge is -2.40. The van der Waals surface area contributed by atoms with E-state index in [1.165, 1.54) is 60.0 Å². The Bertz CT molecular complexity index is 929. The number of nitrogens with one attached hydrogen (secondary N) is 1. The maximum absolute atomic E-state index is 13.2. The van der Waals surface area contributed by atoms with E-state index in [1.54, 1.807) is 0 Å². The smallest absolute Gasteiger partial charge is 0.255 e. The van der Waals surface area contributed by atoms with Gasteiger partial charge in [-0.15, -0.1) is 0 Å². The van der Waals surface area contributed by atoms with Gasteiger partial charge in [-0.25, -0.2) is 4.39 Å². The summed E-state index contributed by atoms with van der Waals surface area (Å²) in [5, 5.41) is 3.09. The van der Waals surface area contributed by atoms with Crippen molar-refractivity contribution in [3.63, 3.8) is 0 Å². The van der Waals surface area contributed by atoms with Gasteiger partial charge in [0.1, 0.15) is 5.82 Å². The molecule has 2 aromatic rings. The van der Waals surface area contributed by atoms with Crippen LogP contribution in [0.5, 0.6) is 0 Å². The van der Waals surface area contributed by atoms with Gasteiger partial charge in [-0.1, -0.05) is 0 Å². The van der Waals surface area contributed by atoms with E-state index in [-0.39, 0.29) is 22.7 Å². The Kier molecular flexibility index (Phi) is 6.29. The Morgan fingerprint density at radius 2 is 1.77 bits per heavy atom. The largest absolute Gasteiger partial charge is 0.381 e. The quantitative estimate of drug-likeness (QED) is 0.791. The SMILES string of the molecule is O=C(NCC1(CN2CCCC2)CCOCC1)c1ccc(=O)n(-c2ccc(F)cc2)c1. The molecule has 0 spiro atoms. The Morgan fingerprint density at radius 3 is 2.47 bits per heavy atom. The molecular weight excluding hydrogens is 385 g/mol. The normalized spacial score (nSPS) is 19.0. The zero-order chi connectivity index (χ0) is 21.0. The number of carbonyl (C=O) groups is 1. The van der Waals surface area contributed by atoms with E-state index in [9.17, 15) is 14.0 Å². The Hall–Kier alpha value is -2.51. The van der Waals surface area contributed by atoms with Crippen LogP contribution in [0.1, 0.15) is 36.0 Å². The lowest BCUT2D eigenvalue weighted by Crippen LogP contribution is -2.48. The molecule has 0 radical (unpaired) electrons. The van der Waals surface area contributed by atoms with Crippen molar-refractivity contribution in [1.82, 2.24) is 14.8 Å². The number of ether oxygens (including phenoxy) is 1. The minimum absolute atomic E-state index is 0.0175. The highest BCUT2D eigenvalue weighted by Crippen LogP contribution is 2.32. The van der Waals surface area contributed by atoms with Crippen LogP contribution in [-0.2, 0) is 4.74 Å². The van der Waals surface area contributed by atoms with Gasteiger partial charge < -0.3 is 15.0 Å². The van der Waals surface area contributed by atoms with Gasteiger partial charge in [0, 0.05) is 49.7 Å². The number of halogens is 1. The molecule has 1 aromatic heterocycles. The van der Waals surface area contributed by atoms with Gasteiger partial charge >= 0.3 is 0 Å². The summed E-state index contributed by atoms with van der Waals surface area (Å²) in [7, 11) is 0. The van der Waals surface area contributed by atoms with Crippen LogP contribution in [0.15, 0.2) is 47.4 Å². The van der Waals surface area contributed by atoms with E-state index >= 15 is 0 Å². The predicted octanol–water partition coefficient (Wildman–Crippen LogP) is 2.60. The first-order valence-corrected chi connectivity index (χ1v) is 10.6. The van der Waals surface area contributed by atoms with E-state index in [2.05, 4.69) is 10.2 Å². The third-order valence-corrected chi connectivity index (χ3v) is 6.21. The zero-order valence-corrected chi connectivity index (χ0v) is 17.1. The molecule has 1 amide bonds. The predicted molar refractivity (Wildman–Crippen MR) is 112 cm³/mol. The molecule has 4 rings (SSSR count). The van der Waals surface area contributed by atoms with Crippen LogP contribution in [0.2, 0.25) is 0 Å². The third kappa shape index (κ3) is 4.79. The summed E-state index contributed by atoms with van der Waals surface area (Å²) in [5.41, 5.74) is 0.672. The van der Waals surface area contributed by atoms with Gasteiger partial charge in [-0.2, -0.15) is 0 Å². The first-order valence-electron chi connectivity index (χ1n) is 10.6. The average molecular weight is 413 g/mol. The van der Waals surface area contributed by atoms with Crippen LogP contribution in [0.4, 0.5) is 4.39 Å². The minimum Gasteiger partial charge on any atom is -0.381 e. The van der Waals surface area contributed by atoms with Crippen molar-refractivity contribution in [2.45, 2.75) is 25.7 Å². The molecule has 1 aromatic carbocycles. The summed E-state index contributed by atoms with van der Waals surface area (Å²) in [6, 6.07) is 8.53. The fraction of sp³-hybridized carbons (Fsp3) is 0.478. The Labute approximate surface area is 175 Å². The van der Waals surface area contributed by atoms with Crippen molar-refractivity contribution in [3.05, 3.63) is 64.3 Å². The van der Waals surface area contributed by atoms with E-state index in [4.69, 9.17) is 4.74 Å². The van der Waals surface area contributed by atoms with E-state index in [0.29, 0.717) is 17.8 Å². The number of benzene rings is 1. The number of carbonyl (C=O) groups excluding carboxylic acids is 1. The van der Waals surface area contributed by atoms with E-state index in [0.717, 1.165) is 45.7 Å². The van der Waals surface area contributed by atoms with Crippen molar-refractivity contribution < 1.29 is 13.9 Å². The molecule has 1 N–H and O–H groups in total. The second-order valence-corrected chi connectivity index (χ2v) is 8.38. The molecule has 0 unspecified atom stereocenters. The second kappa shape index (κ2) is 9.10. The molecule has 0 saturated carbocycles. The van der Waals surface area contributed by atoms with Crippen molar-refractivity contribution in [2.24, 2.45) is 5.41 Å². The van der Waals surface area contributed by atoms with Crippen LogP contribution in [0, 0.1) is 11.2 Å². The fourth-order valence-corrected chi connectivity index (χ4v) is 4.41. The molecule has 160 valence electrons. The fourth-order valence-electron chi connectivity index (χ4n) is 4.41. The Balaban J connectivity index is 1.48. The van der Waals surface area contributed by atoms with Gasteiger partial charge in [-0.3, -0.25) is 14.2 Å². The minimum atomic E-state index is -0.375. The number of likely N-dealkylation sites (tertiary alicyclic amines) is 1. The number of rotatable bonds is 6. The van der Waals surface area contributed by atoms with Crippen molar-refractivity contribution in [2.75, 3.05) is 39.4 Å². The van der Waals surface area contributed by atoms with Gasteiger partial charge in [-0.05, 0) is 69.1 Å². The van der Waals surface area contributed by atoms with Crippen molar-refractivity contribution in [1.29, 1.82) is 0 Å². The highest BCUT2D eigenvalue weighted by atomic mass is 19.1. The van der Waals surface area contributed by atoms with E-state index in [1.807, 2.05) is 0 Å². The number of amides is 1. The standard InChI is InChI=1S/C23H28FN3O3/c24-19-4-6-20(7-5-19)27-15-18(3-8-21(27)28)22(29)25-16-23(9-13-30-14-10-23)17-26-11-1-2-12-26/h3-8,15H,1-2,9-14,16-17H2,(H,25,29). The number of hydrogen-bond acceptors (Lipinski definition) is 4. The highest BCUT2D eigenvalue weighted by Gasteiger charge is 2.35. The molecule has 7 heteroatoms. The molecule has 0 atom stereocenters. The summed E-state index contributed by atoms with van der Waals surface area (Å²) in [5.74, 6) is -0.585. The number of aromatic nitrogens is 1. The molecule has 6 nitrogen and oxygen atoms in total. The summed E-state index contributed by atoms with van der Waals surface area (Å²) in [4.78, 5) is 27.6. The van der Waals surface area contributed by atoms with Crippen LogP contribution >= 0.6 is 0 Å². The van der Waals surface area contributed by atoms with Crippen molar-refractivity contribution >= 4 is 5.91 Å². The van der Waals surface area contributed by atoms with Crippen molar-refractivity contribution in [3.8, 4) is 5.69 Å². The molecule has 30 heavy (non-hydrogen) atoms. The van der Waals surface area contributed by atoms with Crippen LogP contribution < -0.4 is 10.9 Å². The number of nitrogens with zero attached hydrogens (tertiary/aromatic N) is 2. The summed E-state index contributed by atoms with van der Waals surface area (Å²) < 4.78 is 20.1. The van der Waals surface area contributed by atoms with Gasteiger partial charge in [0.2, 0.25) is 0 Å². The number of hydrogen-bond donors (Lipinski definition) is 1. The first-order chi connectivity index (χ1) is 14.5. The molecule has 2 fully saturated rings. The molecule has 3 heterocycles. The van der Waals surface area contributed by atoms with Gasteiger partial charge in [0.25, 0.3) is 11.5 Å². The lowest BCUT2D eigenvalue weighted by atomic mass is 9.79. The average Bonchev–Trinajstić information content (AvgIpc) is 3.26. The summed E-state index contributed by atoms with van der Waals surface area (Å²) in [6.07, 6.45) is 5.85. The molecule has 0 bridgehead atoms. The highest BCUT2D eigenvalue weighted by molar-refractivity contribution is 5.93. The maximum Gasteiger partial charge on any atom is 0.255 e. The van der Waals surface area contributed by atoms with Crippen LogP contribution in [0.3, 0.4) is 0 Å². The Morgan fingerprint density at radius 1 is 1.07 bits per heavy atom. The maximum atomic E-state index is 13.2. The first kappa shape index (κ1) is 20.8. The molecule has 2 aliphatic heterocycles. The topological polar surface area (TPSA) is 63.6 Å². The molecule has 2 saturated heterocycles. The zero-order valence-electron chi connectivity index (χ0n) is 17.1.